The first-order valence-corrected chi connectivity index (χ1v) is 5.68. The molecule has 1 aliphatic carbocycles. The predicted octanol–water partition coefficient (Wildman–Crippen LogP) is 1.20. The van der Waals surface area contributed by atoms with Crippen LogP contribution in [0, 0.1) is 11.8 Å². The van der Waals surface area contributed by atoms with Crippen molar-refractivity contribution in [2.45, 2.75) is 31.8 Å². The molecule has 14 heavy (non-hydrogen) atoms. The summed E-state index contributed by atoms with van der Waals surface area (Å²) in [6.07, 6.45) is 5.17. The topological polar surface area (TPSA) is 42.0 Å². The molecule has 0 aromatic rings. The van der Waals surface area contributed by atoms with E-state index in [0.29, 0.717) is 18.6 Å². The minimum Gasteiger partial charge on any atom is -0.396 e. The molecule has 1 saturated carbocycles. The lowest BCUT2D eigenvalue weighted by Gasteiger charge is -2.26. The zero-order valence-electron chi connectivity index (χ0n) is 8.65. The molecule has 1 N–H and O–H groups in total. The molecule has 1 saturated heterocycles. The average molecular weight is 200 g/mol. The highest BCUT2D eigenvalue weighted by molar-refractivity contribution is 4.73. The summed E-state index contributed by atoms with van der Waals surface area (Å²) in [5.41, 5.74) is 0. The van der Waals surface area contributed by atoms with Gasteiger partial charge in [-0.15, -0.1) is 0 Å². The minimum atomic E-state index is 0.365. The molecular weight excluding hydrogens is 180 g/mol. The van der Waals surface area contributed by atoms with Crippen molar-refractivity contribution in [3.05, 3.63) is 0 Å². The number of aliphatic hydroxyl groups excluding tert-OH is 1. The molecule has 0 radical (unpaired) electrons. The normalized spacial score (nSPS) is 37.1. The Kier molecular flexibility index (Phi) is 3.79. The van der Waals surface area contributed by atoms with Gasteiger partial charge in [-0.1, -0.05) is 0 Å². The van der Waals surface area contributed by atoms with Crippen LogP contribution in [-0.2, 0) is 9.47 Å². The van der Waals surface area contributed by atoms with Gasteiger partial charge in [0.15, 0.2) is 0 Å². The fourth-order valence-electron chi connectivity index (χ4n) is 2.11. The maximum atomic E-state index is 8.99. The highest BCUT2D eigenvalue weighted by Crippen LogP contribution is 2.28. The highest BCUT2D eigenvalue weighted by Gasteiger charge is 2.24. The molecule has 1 atom stereocenters. The van der Waals surface area contributed by atoms with Crippen LogP contribution in [0.25, 0.3) is 0 Å². The second-order valence-corrected chi connectivity index (χ2v) is 4.56. The summed E-state index contributed by atoms with van der Waals surface area (Å²) in [6.45, 7) is 2.92. The maximum absolute atomic E-state index is 8.99. The van der Waals surface area contributed by atoms with E-state index in [0.717, 1.165) is 25.7 Å². The van der Waals surface area contributed by atoms with E-state index in [1.807, 2.05) is 0 Å². The molecule has 3 heteroatoms. The Hall–Kier alpha value is -0.120. The minimum absolute atomic E-state index is 0.365. The first-order valence-electron chi connectivity index (χ1n) is 5.68. The third kappa shape index (κ3) is 3.23. The van der Waals surface area contributed by atoms with Crippen LogP contribution in [0.2, 0.25) is 0 Å². The molecule has 0 bridgehead atoms. The van der Waals surface area contributed by atoms with Gasteiger partial charge in [-0.2, -0.15) is 0 Å². The standard InChI is InChI=1S/C11H20O3/c12-5-9-1-3-10(4-2-9)6-13-7-11-8-14-11/h9-12H,1-8H2/t9-,10+,11?. The van der Waals surface area contributed by atoms with Gasteiger partial charge in [0, 0.05) is 13.2 Å². The molecule has 0 amide bonds. The Morgan fingerprint density at radius 3 is 2.29 bits per heavy atom. The van der Waals surface area contributed by atoms with Gasteiger partial charge in [0.1, 0.15) is 6.10 Å². The van der Waals surface area contributed by atoms with Crippen molar-refractivity contribution in [2.24, 2.45) is 11.8 Å². The largest absolute Gasteiger partial charge is 0.396 e. The van der Waals surface area contributed by atoms with Crippen molar-refractivity contribution in [2.75, 3.05) is 26.4 Å². The van der Waals surface area contributed by atoms with Crippen LogP contribution in [0.15, 0.2) is 0 Å². The second kappa shape index (κ2) is 5.10. The lowest BCUT2D eigenvalue weighted by molar-refractivity contribution is 0.0609. The van der Waals surface area contributed by atoms with E-state index in [-0.39, 0.29) is 0 Å². The molecule has 1 aliphatic heterocycles. The second-order valence-electron chi connectivity index (χ2n) is 4.56. The summed E-state index contributed by atoms with van der Waals surface area (Å²) in [7, 11) is 0. The average Bonchev–Trinajstić information content (AvgIpc) is 3.03. The molecule has 2 rings (SSSR count). The van der Waals surface area contributed by atoms with Crippen LogP contribution in [0.5, 0.6) is 0 Å². The fraction of sp³-hybridized carbons (Fsp3) is 1.00. The van der Waals surface area contributed by atoms with Gasteiger partial charge < -0.3 is 14.6 Å². The van der Waals surface area contributed by atoms with E-state index in [4.69, 9.17) is 14.6 Å². The molecule has 82 valence electrons. The summed E-state index contributed by atoms with van der Waals surface area (Å²) in [6, 6.07) is 0. The zero-order chi connectivity index (χ0) is 9.80. The van der Waals surface area contributed by atoms with Gasteiger partial charge in [-0.25, -0.2) is 0 Å². The maximum Gasteiger partial charge on any atom is 0.104 e. The third-order valence-corrected chi connectivity index (χ3v) is 3.28. The molecule has 2 fully saturated rings. The van der Waals surface area contributed by atoms with Crippen LogP contribution in [-0.4, -0.2) is 37.6 Å². The van der Waals surface area contributed by atoms with E-state index < -0.39 is 0 Å². The van der Waals surface area contributed by atoms with Gasteiger partial charge in [0.05, 0.1) is 13.2 Å². The monoisotopic (exact) mass is 200 g/mol. The molecule has 1 heterocycles. The summed E-state index contributed by atoms with van der Waals surface area (Å²) in [5.74, 6) is 1.27. The molecule has 3 nitrogen and oxygen atoms in total. The number of ether oxygens (including phenoxy) is 2. The Balaban J connectivity index is 1.53. The van der Waals surface area contributed by atoms with Gasteiger partial charge in [-0.3, -0.25) is 0 Å². The van der Waals surface area contributed by atoms with Crippen molar-refractivity contribution in [1.82, 2.24) is 0 Å². The van der Waals surface area contributed by atoms with Crippen molar-refractivity contribution >= 4 is 0 Å². The predicted molar refractivity (Wildman–Crippen MR) is 53.1 cm³/mol. The summed E-state index contributed by atoms with van der Waals surface area (Å²) < 4.78 is 10.7. The number of rotatable bonds is 5. The smallest absolute Gasteiger partial charge is 0.104 e. The molecule has 2 aliphatic rings. The van der Waals surface area contributed by atoms with Crippen LogP contribution in [0.1, 0.15) is 25.7 Å². The van der Waals surface area contributed by atoms with Crippen LogP contribution < -0.4 is 0 Å². The lowest BCUT2D eigenvalue weighted by Crippen LogP contribution is -2.21. The van der Waals surface area contributed by atoms with Crippen molar-refractivity contribution in [3.8, 4) is 0 Å². The lowest BCUT2D eigenvalue weighted by atomic mass is 9.83. The van der Waals surface area contributed by atoms with Gasteiger partial charge >= 0.3 is 0 Å². The van der Waals surface area contributed by atoms with Crippen LogP contribution in [0.3, 0.4) is 0 Å². The molecule has 0 aromatic carbocycles. The molecule has 1 unspecified atom stereocenters. The Labute approximate surface area is 85.4 Å². The number of hydrogen-bond acceptors (Lipinski definition) is 3. The Bertz CT molecular complexity index is 160. The molecule has 0 aromatic heterocycles. The quantitative estimate of drug-likeness (QED) is 0.678. The fourth-order valence-corrected chi connectivity index (χ4v) is 2.11. The number of epoxide rings is 1. The summed E-state index contributed by atoms with van der Waals surface area (Å²) in [4.78, 5) is 0. The van der Waals surface area contributed by atoms with Gasteiger partial charge in [-0.05, 0) is 37.5 Å². The first kappa shape index (κ1) is 10.4. The van der Waals surface area contributed by atoms with Crippen LogP contribution >= 0.6 is 0 Å². The number of aliphatic hydroxyl groups is 1. The van der Waals surface area contributed by atoms with Crippen molar-refractivity contribution in [1.29, 1.82) is 0 Å². The van der Waals surface area contributed by atoms with E-state index in [9.17, 15) is 0 Å². The third-order valence-electron chi connectivity index (χ3n) is 3.28. The summed E-state index contributed by atoms with van der Waals surface area (Å²) in [5, 5.41) is 8.99. The van der Waals surface area contributed by atoms with Crippen LogP contribution in [0.4, 0.5) is 0 Å². The van der Waals surface area contributed by atoms with E-state index in [2.05, 4.69) is 0 Å². The molecule has 0 spiro atoms. The molecular formula is C11H20O3. The van der Waals surface area contributed by atoms with E-state index >= 15 is 0 Å². The Morgan fingerprint density at radius 2 is 1.71 bits per heavy atom. The summed E-state index contributed by atoms with van der Waals surface area (Å²) >= 11 is 0. The zero-order valence-corrected chi connectivity index (χ0v) is 8.65. The SMILES string of the molecule is OC[C@H]1CC[C@@H](COCC2CO2)CC1. The van der Waals surface area contributed by atoms with E-state index in [1.54, 1.807) is 0 Å². The Morgan fingerprint density at radius 1 is 1.07 bits per heavy atom. The first-order chi connectivity index (χ1) is 6.88. The van der Waals surface area contributed by atoms with Gasteiger partial charge in [0.25, 0.3) is 0 Å². The highest BCUT2D eigenvalue weighted by atomic mass is 16.6. The van der Waals surface area contributed by atoms with Crippen molar-refractivity contribution in [3.63, 3.8) is 0 Å². The van der Waals surface area contributed by atoms with Crippen molar-refractivity contribution < 1.29 is 14.6 Å². The van der Waals surface area contributed by atoms with Gasteiger partial charge in [0.2, 0.25) is 0 Å². The van der Waals surface area contributed by atoms with E-state index in [1.165, 1.54) is 25.7 Å². The number of hydrogen-bond donors (Lipinski definition) is 1.